The van der Waals surface area contributed by atoms with Crippen molar-refractivity contribution < 1.29 is 14.3 Å². The fourth-order valence-electron chi connectivity index (χ4n) is 1.36. The number of anilines is 1. The highest BCUT2D eigenvalue weighted by atomic mass is 19.1. The number of pyridine rings is 1. The Balaban J connectivity index is 0.000000540. The molecular weight excluding hydrogens is 289 g/mol. The van der Waals surface area contributed by atoms with Gasteiger partial charge in [-0.05, 0) is 19.1 Å². The van der Waals surface area contributed by atoms with Gasteiger partial charge in [-0.2, -0.15) is 0 Å². The van der Waals surface area contributed by atoms with E-state index >= 15 is 0 Å². The number of carbonyl (C=O) groups excluding carboxylic acids is 1. The van der Waals surface area contributed by atoms with Crippen LogP contribution in [0.4, 0.5) is 10.2 Å². The fraction of sp³-hybridized carbons (Fsp3) is 0.143. The number of rotatable bonds is 3. The predicted octanol–water partition coefficient (Wildman–Crippen LogP) is 1.18. The zero-order valence-electron chi connectivity index (χ0n) is 12.5. The normalized spacial score (nSPS) is 9.50. The largest absolute Gasteiger partial charge is 0.403 e. The van der Waals surface area contributed by atoms with Gasteiger partial charge in [0.1, 0.15) is 0 Å². The topological polar surface area (TPSA) is 121 Å². The Morgan fingerprint density at radius 2 is 2.14 bits per heavy atom. The second kappa shape index (κ2) is 10.1. The number of carbonyl (C=O) groups is 1. The molecule has 120 valence electrons. The van der Waals surface area contributed by atoms with Crippen molar-refractivity contribution in [3.63, 3.8) is 0 Å². The van der Waals surface area contributed by atoms with Crippen LogP contribution in [0.1, 0.15) is 6.92 Å². The molecular formula is C14H20FN5O2. The van der Waals surface area contributed by atoms with Crippen LogP contribution in [0, 0.1) is 5.82 Å². The first-order chi connectivity index (χ1) is 10.5. The van der Waals surface area contributed by atoms with E-state index in [0.717, 1.165) is 13.3 Å². The summed E-state index contributed by atoms with van der Waals surface area (Å²) in [6.07, 6.45) is 6.73. The quantitative estimate of drug-likeness (QED) is 0.384. The van der Waals surface area contributed by atoms with Crippen molar-refractivity contribution in [1.29, 1.82) is 0 Å². The molecule has 0 fully saturated rings. The van der Waals surface area contributed by atoms with Crippen molar-refractivity contribution >= 4 is 22.5 Å². The van der Waals surface area contributed by atoms with Crippen molar-refractivity contribution in [2.24, 2.45) is 11.6 Å². The molecule has 0 aliphatic rings. The summed E-state index contributed by atoms with van der Waals surface area (Å²) in [5.41, 5.74) is 5.74. The molecule has 0 amide bonds. The van der Waals surface area contributed by atoms with Gasteiger partial charge >= 0.3 is 0 Å². The van der Waals surface area contributed by atoms with Gasteiger partial charge in [0.2, 0.25) is 0 Å². The molecule has 2 aromatic heterocycles. The van der Waals surface area contributed by atoms with Gasteiger partial charge in [0, 0.05) is 31.1 Å². The summed E-state index contributed by atoms with van der Waals surface area (Å²) in [5, 5.41) is 8.67. The maximum Gasteiger partial charge on any atom is 0.171 e. The summed E-state index contributed by atoms with van der Waals surface area (Å²) in [5.74, 6) is 5.69. The minimum Gasteiger partial charge on any atom is -0.403 e. The van der Waals surface area contributed by atoms with Crippen LogP contribution >= 0.6 is 0 Å². The standard InChI is InChI=1S/C9H10FN5.C4H6O.CH4O/c10-7-5-14-9(15(12)4-2-11)8-6(7)1-3-13-8;1-3-4(2)5;1-2/h1-5,13H,11-12H2;3H,1H2,2H3;2H,1H3/b4-2-;;. The number of nitrogens with one attached hydrogen (secondary N) is 1. The number of nitrogens with zero attached hydrogens (tertiary/aromatic N) is 2. The molecule has 2 rings (SSSR count). The lowest BCUT2D eigenvalue weighted by Crippen LogP contribution is -2.25. The van der Waals surface area contributed by atoms with E-state index in [9.17, 15) is 9.18 Å². The number of aromatic nitrogens is 2. The van der Waals surface area contributed by atoms with E-state index in [1.54, 1.807) is 12.3 Å². The zero-order valence-corrected chi connectivity index (χ0v) is 12.5. The lowest BCUT2D eigenvalue weighted by atomic mass is 10.3. The van der Waals surface area contributed by atoms with Gasteiger partial charge in [0.05, 0.1) is 11.7 Å². The molecule has 8 heteroatoms. The lowest BCUT2D eigenvalue weighted by molar-refractivity contribution is -0.112. The van der Waals surface area contributed by atoms with E-state index in [2.05, 4.69) is 16.5 Å². The van der Waals surface area contributed by atoms with Crippen LogP contribution in [0.3, 0.4) is 0 Å². The summed E-state index contributed by atoms with van der Waals surface area (Å²) in [6.45, 7) is 4.68. The van der Waals surface area contributed by atoms with Gasteiger partial charge in [-0.25, -0.2) is 15.2 Å². The minimum absolute atomic E-state index is 0.0185. The summed E-state index contributed by atoms with van der Waals surface area (Å²) in [4.78, 5) is 16.4. The monoisotopic (exact) mass is 309 g/mol. The van der Waals surface area contributed by atoms with Crippen LogP contribution in [-0.2, 0) is 4.79 Å². The first-order valence-electron chi connectivity index (χ1n) is 6.13. The molecule has 0 radical (unpaired) electrons. The number of H-pyrrole nitrogens is 1. The lowest BCUT2D eigenvalue weighted by Gasteiger charge is -2.12. The summed E-state index contributed by atoms with van der Waals surface area (Å²) in [6, 6.07) is 1.62. The third-order valence-corrected chi connectivity index (χ3v) is 2.31. The van der Waals surface area contributed by atoms with Gasteiger partial charge in [0.25, 0.3) is 0 Å². The van der Waals surface area contributed by atoms with E-state index in [1.807, 2.05) is 0 Å². The van der Waals surface area contributed by atoms with Crippen molar-refractivity contribution in [1.82, 2.24) is 9.97 Å². The number of aromatic amines is 1. The minimum atomic E-state index is -0.389. The van der Waals surface area contributed by atoms with Crippen molar-refractivity contribution in [3.05, 3.63) is 49.3 Å². The Morgan fingerprint density at radius 3 is 2.64 bits per heavy atom. The first-order valence-corrected chi connectivity index (χ1v) is 6.13. The number of fused-ring (bicyclic) bond motifs is 1. The number of hydrogen-bond donors (Lipinski definition) is 4. The number of aliphatic hydroxyl groups excluding tert-OH is 1. The molecule has 0 spiro atoms. The highest BCUT2D eigenvalue weighted by Gasteiger charge is 2.10. The SMILES string of the molecule is C=CC(C)=O.CO.N/C=C\N(N)c1ncc(F)c2cc[nH]c12. The van der Waals surface area contributed by atoms with Gasteiger partial charge in [-0.15, -0.1) is 0 Å². The molecule has 7 nitrogen and oxygen atoms in total. The van der Waals surface area contributed by atoms with Gasteiger partial charge in [-0.1, -0.05) is 6.58 Å². The summed E-state index contributed by atoms with van der Waals surface area (Å²) < 4.78 is 13.3. The van der Waals surface area contributed by atoms with Crippen LogP contribution < -0.4 is 16.6 Å². The Morgan fingerprint density at radius 1 is 1.55 bits per heavy atom. The Hall–Kier alpha value is -2.71. The molecule has 0 aromatic carbocycles. The molecule has 0 saturated heterocycles. The second-order valence-corrected chi connectivity index (χ2v) is 3.76. The molecule has 2 aromatic rings. The number of ketones is 1. The van der Waals surface area contributed by atoms with Crippen molar-refractivity contribution in [3.8, 4) is 0 Å². The Bertz CT molecular complexity index is 639. The molecule has 2 heterocycles. The molecule has 6 N–H and O–H groups in total. The average Bonchev–Trinajstić information content (AvgIpc) is 3.01. The number of halogens is 1. The maximum atomic E-state index is 13.3. The Labute approximate surface area is 127 Å². The third kappa shape index (κ3) is 5.35. The van der Waals surface area contributed by atoms with Crippen molar-refractivity contribution in [2.45, 2.75) is 6.92 Å². The third-order valence-electron chi connectivity index (χ3n) is 2.31. The molecule has 0 atom stereocenters. The fourth-order valence-corrected chi connectivity index (χ4v) is 1.36. The van der Waals surface area contributed by atoms with E-state index in [-0.39, 0.29) is 11.6 Å². The highest BCUT2D eigenvalue weighted by molar-refractivity contribution is 5.89. The van der Waals surface area contributed by atoms with Gasteiger partial charge in [0.15, 0.2) is 17.4 Å². The zero-order chi connectivity index (χ0) is 17.1. The van der Waals surface area contributed by atoms with Crippen LogP contribution in [-0.4, -0.2) is 28.0 Å². The molecule has 0 aliphatic heterocycles. The van der Waals surface area contributed by atoms with E-state index in [0.29, 0.717) is 16.7 Å². The highest BCUT2D eigenvalue weighted by Crippen LogP contribution is 2.23. The second-order valence-electron chi connectivity index (χ2n) is 3.76. The van der Waals surface area contributed by atoms with E-state index in [4.69, 9.17) is 16.7 Å². The van der Waals surface area contributed by atoms with E-state index < -0.39 is 0 Å². The number of hydrogen-bond acceptors (Lipinski definition) is 6. The van der Waals surface area contributed by atoms with Crippen molar-refractivity contribution in [2.75, 3.05) is 12.1 Å². The van der Waals surface area contributed by atoms with E-state index in [1.165, 1.54) is 30.4 Å². The smallest absolute Gasteiger partial charge is 0.171 e. The van der Waals surface area contributed by atoms with Crippen LogP contribution in [0.25, 0.3) is 10.9 Å². The summed E-state index contributed by atoms with van der Waals surface area (Å²) >= 11 is 0. The predicted molar refractivity (Wildman–Crippen MR) is 85.1 cm³/mol. The maximum absolute atomic E-state index is 13.3. The molecule has 0 bridgehead atoms. The number of allylic oxidation sites excluding steroid dienone is 1. The number of nitrogens with two attached hydrogens (primary N) is 2. The van der Waals surface area contributed by atoms with Crippen LogP contribution in [0.2, 0.25) is 0 Å². The average molecular weight is 309 g/mol. The molecule has 0 aliphatic carbocycles. The van der Waals surface area contributed by atoms with Gasteiger partial charge < -0.3 is 15.8 Å². The van der Waals surface area contributed by atoms with Crippen LogP contribution in [0.15, 0.2) is 43.5 Å². The molecule has 0 unspecified atom stereocenters. The first kappa shape index (κ1) is 19.3. The molecule has 0 saturated carbocycles. The Kier molecular flexibility index (Phi) is 8.84. The number of aliphatic hydroxyl groups is 1. The number of hydrazine groups is 1. The molecule has 22 heavy (non-hydrogen) atoms. The van der Waals surface area contributed by atoms with Gasteiger partial charge in [-0.3, -0.25) is 9.80 Å². The summed E-state index contributed by atoms with van der Waals surface area (Å²) in [7, 11) is 1.00. The van der Waals surface area contributed by atoms with Crippen LogP contribution in [0.5, 0.6) is 0 Å².